The van der Waals surface area contributed by atoms with Crippen molar-refractivity contribution in [1.82, 2.24) is 4.90 Å². The van der Waals surface area contributed by atoms with Gasteiger partial charge in [0.15, 0.2) is 11.5 Å². The highest BCUT2D eigenvalue weighted by molar-refractivity contribution is 5.61. The fourth-order valence-corrected chi connectivity index (χ4v) is 9.12. The summed E-state index contributed by atoms with van der Waals surface area (Å²) in [5.74, 6) is 1.96. The predicted molar refractivity (Wildman–Crippen MR) is 147 cm³/mol. The number of aromatic hydroxyl groups is 1. The molecule has 6 atom stereocenters. The van der Waals surface area contributed by atoms with Gasteiger partial charge in [-0.15, -0.1) is 0 Å². The zero-order valence-electron chi connectivity index (χ0n) is 22.5. The second-order valence-corrected chi connectivity index (χ2v) is 13.2. The molecule has 0 amide bonds. The van der Waals surface area contributed by atoms with Crippen LogP contribution in [-0.4, -0.2) is 58.2 Å². The molecular formula is C33H43NO4. The minimum atomic E-state index is -0.741. The van der Waals surface area contributed by atoms with Gasteiger partial charge in [-0.2, -0.15) is 0 Å². The summed E-state index contributed by atoms with van der Waals surface area (Å²) in [5, 5.41) is 33.7. The summed E-state index contributed by atoms with van der Waals surface area (Å²) in [6, 6.07) is 14.9. The van der Waals surface area contributed by atoms with Crippen molar-refractivity contribution in [1.29, 1.82) is 0 Å². The Morgan fingerprint density at radius 3 is 2.63 bits per heavy atom. The molecule has 204 valence electrons. The fraction of sp³-hybridized carbons (Fsp3) is 0.636. The summed E-state index contributed by atoms with van der Waals surface area (Å²) < 4.78 is 6.58. The van der Waals surface area contributed by atoms with Crippen LogP contribution in [0.15, 0.2) is 42.5 Å². The first-order valence-corrected chi connectivity index (χ1v) is 15.1. The predicted octanol–water partition coefficient (Wildman–Crippen LogP) is 4.98. The molecule has 3 aliphatic carbocycles. The number of hydrogen-bond acceptors (Lipinski definition) is 5. The standard InChI is InChI=1S/C33H43NO4/c35-21-32(15-6-2-5-10-22-8-3-1-4-9-22)19-25-26-18-24-13-14-27(36)29-28(24)33(25,31(38-29)30(32)37)16-17-34(26)20-23-11-7-12-23/h1,3-4,8-9,13-14,23,25-26,30-31,35-37H,2,5-7,10-12,15-21H2/t25?,26?,30-,31?,32+,33?/m0/s1. The molecule has 3 N–H and O–H groups in total. The summed E-state index contributed by atoms with van der Waals surface area (Å²) in [6.07, 6.45) is 10.8. The van der Waals surface area contributed by atoms with E-state index in [0.717, 1.165) is 63.8 Å². The van der Waals surface area contributed by atoms with E-state index in [1.165, 1.54) is 42.5 Å². The van der Waals surface area contributed by atoms with Gasteiger partial charge in [0.25, 0.3) is 0 Å². The molecule has 4 unspecified atom stereocenters. The number of aliphatic hydroxyl groups is 2. The Morgan fingerprint density at radius 2 is 1.87 bits per heavy atom. The first-order chi connectivity index (χ1) is 18.6. The molecule has 0 aromatic heterocycles. The van der Waals surface area contributed by atoms with Gasteiger partial charge in [0.2, 0.25) is 0 Å². The Balaban J connectivity index is 1.16. The van der Waals surface area contributed by atoms with Crippen LogP contribution in [0.5, 0.6) is 11.5 Å². The third-order valence-corrected chi connectivity index (χ3v) is 11.3. The van der Waals surface area contributed by atoms with Gasteiger partial charge in [-0.1, -0.05) is 55.7 Å². The molecule has 1 saturated heterocycles. The number of aryl methyl sites for hydroxylation is 1. The molecule has 2 bridgehead atoms. The van der Waals surface area contributed by atoms with Gasteiger partial charge in [-0.3, -0.25) is 4.90 Å². The lowest BCUT2D eigenvalue weighted by Crippen LogP contribution is -2.71. The van der Waals surface area contributed by atoms with Crippen molar-refractivity contribution < 1.29 is 20.1 Å². The molecule has 0 radical (unpaired) electrons. The van der Waals surface area contributed by atoms with Gasteiger partial charge >= 0.3 is 0 Å². The number of rotatable bonds is 9. The molecule has 38 heavy (non-hydrogen) atoms. The van der Waals surface area contributed by atoms with Crippen LogP contribution in [0.25, 0.3) is 0 Å². The zero-order valence-corrected chi connectivity index (χ0v) is 22.5. The van der Waals surface area contributed by atoms with Gasteiger partial charge < -0.3 is 20.1 Å². The Bertz CT molecular complexity index is 1170. The summed E-state index contributed by atoms with van der Waals surface area (Å²) >= 11 is 0. The Hall–Kier alpha value is -2.08. The van der Waals surface area contributed by atoms with Gasteiger partial charge in [-0.25, -0.2) is 0 Å². The van der Waals surface area contributed by atoms with Crippen LogP contribution in [0.3, 0.4) is 0 Å². The normalized spacial score (nSPS) is 35.4. The van der Waals surface area contributed by atoms with Crippen LogP contribution in [0, 0.1) is 17.3 Å². The molecule has 2 saturated carbocycles. The van der Waals surface area contributed by atoms with Crippen LogP contribution < -0.4 is 4.74 Å². The lowest BCUT2D eigenvalue weighted by atomic mass is 9.46. The molecule has 2 aromatic carbocycles. The lowest BCUT2D eigenvalue weighted by Gasteiger charge is -2.63. The van der Waals surface area contributed by atoms with Gasteiger partial charge in [-0.05, 0) is 86.9 Å². The van der Waals surface area contributed by atoms with E-state index in [2.05, 4.69) is 41.3 Å². The number of phenols is 1. The monoisotopic (exact) mass is 517 g/mol. The number of phenolic OH excluding ortho intramolecular Hbond substituents is 1. The number of unbranched alkanes of at least 4 members (excludes halogenated alkanes) is 2. The summed E-state index contributed by atoms with van der Waals surface area (Å²) in [7, 11) is 0. The first-order valence-electron chi connectivity index (χ1n) is 15.1. The van der Waals surface area contributed by atoms with Gasteiger partial charge in [0.05, 0.1) is 12.7 Å². The average Bonchev–Trinajstić information content (AvgIpc) is 3.26. The highest BCUT2D eigenvalue weighted by atomic mass is 16.5. The van der Waals surface area contributed by atoms with Crippen LogP contribution in [0.1, 0.15) is 74.5 Å². The maximum absolute atomic E-state index is 12.0. The lowest BCUT2D eigenvalue weighted by molar-refractivity contribution is -0.182. The summed E-state index contributed by atoms with van der Waals surface area (Å²) in [4.78, 5) is 2.75. The highest BCUT2D eigenvalue weighted by Crippen LogP contribution is 2.67. The van der Waals surface area contributed by atoms with Crippen molar-refractivity contribution >= 4 is 0 Å². The van der Waals surface area contributed by atoms with Crippen molar-refractivity contribution in [3.8, 4) is 11.5 Å². The number of aliphatic hydroxyl groups excluding tert-OH is 2. The summed E-state index contributed by atoms with van der Waals surface area (Å²) in [5.41, 5.74) is 3.04. The topological polar surface area (TPSA) is 73.2 Å². The van der Waals surface area contributed by atoms with Gasteiger partial charge in [0.1, 0.15) is 6.10 Å². The van der Waals surface area contributed by atoms with Crippen LogP contribution in [-0.2, 0) is 18.3 Å². The van der Waals surface area contributed by atoms with E-state index in [1.807, 2.05) is 0 Å². The number of hydrogen-bond donors (Lipinski definition) is 3. The first kappa shape index (κ1) is 24.9. The van der Waals surface area contributed by atoms with E-state index in [-0.39, 0.29) is 17.8 Å². The SMILES string of the molecule is OC[C@@]1(CCCCCc2ccccc2)CC2C3Cc4ccc(O)c5c4C2(CCN3CC2CCC2)C(O5)[C@@H]1O. The van der Waals surface area contributed by atoms with E-state index >= 15 is 0 Å². The number of benzene rings is 2. The Morgan fingerprint density at radius 1 is 1.03 bits per heavy atom. The second-order valence-electron chi connectivity index (χ2n) is 13.2. The molecule has 7 rings (SSSR count). The van der Waals surface area contributed by atoms with E-state index in [1.54, 1.807) is 6.07 Å². The van der Waals surface area contributed by atoms with E-state index in [4.69, 9.17) is 4.74 Å². The molecule has 2 heterocycles. The smallest absolute Gasteiger partial charge is 0.165 e. The third kappa shape index (κ3) is 3.68. The molecule has 3 fully saturated rings. The largest absolute Gasteiger partial charge is 0.504 e. The van der Waals surface area contributed by atoms with Crippen molar-refractivity contribution in [3.05, 3.63) is 59.2 Å². The maximum atomic E-state index is 12.0. The molecular weight excluding hydrogens is 474 g/mol. The Kier molecular flexibility index (Phi) is 6.25. The molecule has 5 aliphatic rings. The van der Waals surface area contributed by atoms with E-state index in [9.17, 15) is 15.3 Å². The minimum absolute atomic E-state index is 0.0101. The molecule has 5 nitrogen and oxygen atoms in total. The van der Waals surface area contributed by atoms with Crippen LogP contribution in [0.2, 0.25) is 0 Å². The minimum Gasteiger partial charge on any atom is -0.504 e. The highest BCUT2D eigenvalue weighted by Gasteiger charge is 2.70. The van der Waals surface area contributed by atoms with Crippen LogP contribution >= 0.6 is 0 Å². The molecule has 2 aliphatic heterocycles. The fourth-order valence-electron chi connectivity index (χ4n) is 9.12. The number of nitrogens with zero attached hydrogens (tertiary/aromatic N) is 1. The summed E-state index contributed by atoms with van der Waals surface area (Å²) in [6.45, 7) is 2.20. The number of likely N-dealkylation sites (tertiary alicyclic amines) is 1. The molecule has 1 spiro atoms. The van der Waals surface area contributed by atoms with Crippen molar-refractivity contribution in [2.24, 2.45) is 17.3 Å². The Labute approximate surface area is 226 Å². The van der Waals surface area contributed by atoms with Crippen molar-refractivity contribution in [2.45, 2.75) is 94.3 Å². The quantitative estimate of drug-likeness (QED) is 0.409. The average molecular weight is 518 g/mol. The van der Waals surface area contributed by atoms with Crippen molar-refractivity contribution in [2.75, 3.05) is 19.7 Å². The molecule has 5 heteroatoms. The zero-order chi connectivity index (χ0) is 25.9. The third-order valence-electron chi connectivity index (χ3n) is 11.3. The number of piperidine rings is 1. The molecule has 2 aromatic rings. The van der Waals surface area contributed by atoms with Crippen molar-refractivity contribution in [3.63, 3.8) is 0 Å². The maximum Gasteiger partial charge on any atom is 0.165 e. The van der Waals surface area contributed by atoms with E-state index in [0.29, 0.717) is 17.7 Å². The number of ether oxygens (including phenoxy) is 1. The second kappa shape index (κ2) is 9.53. The van der Waals surface area contributed by atoms with Crippen LogP contribution in [0.4, 0.5) is 0 Å². The van der Waals surface area contributed by atoms with E-state index < -0.39 is 17.6 Å². The van der Waals surface area contributed by atoms with Gasteiger partial charge in [0, 0.05) is 29.0 Å².